The van der Waals surface area contributed by atoms with Crippen molar-refractivity contribution < 1.29 is 24.2 Å². The van der Waals surface area contributed by atoms with Gasteiger partial charge < -0.3 is 19.9 Å². The van der Waals surface area contributed by atoms with Gasteiger partial charge in [-0.1, -0.05) is 0 Å². The van der Waals surface area contributed by atoms with Gasteiger partial charge in [0.15, 0.2) is 11.5 Å². The fourth-order valence-electron chi connectivity index (χ4n) is 1.46. The fraction of sp³-hybridized carbons (Fsp3) is 0.429. The van der Waals surface area contributed by atoms with Crippen LogP contribution in [0, 0.1) is 5.92 Å². The summed E-state index contributed by atoms with van der Waals surface area (Å²) in [7, 11) is 1.52. The van der Waals surface area contributed by atoms with Crippen molar-refractivity contribution in [2.24, 2.45) is 5.92 Å². The molecular weight excluding hydrogens is 262 g/mol. The van der Waals surface area contributed by atoms with Gasteiger partial charge in [0.25, 0.3) is 0 Å². The third kappa shape index (κ3) is 4.15. The summed E-state index contributed by atoms with van der Waals surface area (Å²) in [6, 6.07) is 4.88. The molecule has 0 spiro atoms. The highest BCUT2D eigenvalue weighted by Gasteiger charge is 2.20. The number of carboxylic acid groups (broad SMARTS) is 1. The number of carbonyl (C=O) groups excluding carboxylic acids is 1. The van der Waals surface area contributed by atoms with Gasteiger partial charge in [-0.2, -0.15) is 0 Å². The minimum Gasteiger partial charge on any atom is -0.493 e. The molecule has 6 nitrogen and oxygen atoms in total. The van der Waals surface area contributed by atoms with Gasteiger partial charge in [-0.05, 0) is 32.9 Å². The zero-order chi connectivity index (χ0) is 15.3. The summed E-state index contributed by atoms with van der Waals surface area (Å²) < 4.78 is 10.7. The lowest BCUT2D eigenvalue weighted by Crippen LogP contribution is -2.26. The van der Waals surface area contributed by atoms with E-state index in [1.54, 1.807) is 18.2 Å². The monoisotopic (exact) mass is 281 g/mol. The Balaban J connectivity index is 2.91. The second-order valence-electron chi connectivity index (χ2n) is 4.58. The standard InChI is InChI=1S/C14H19NO5/c1-8(2)20-12-7-10(5-6-11(12)19-4)15-13(16)9(3)14(17)18/h5-9H,1-4H3,(H,15,16)(H,17,18). The number of anilines is 1. The number of hydrogen-bond donors (Lipinski definition) is 2. The van der Waals surface area contributed by atoms with Crippen molar-refractivity contribution in [3.05, 3.63) is 18.2 Å². The number of hydrogen-bond acceptors (Lipinski definition) is 4. The molecule has 2 N–H and O–H groups in total. The smallest absolute Gasteiger partial charge is 0.315 e. The lowest BCUT2D eigenvalue weighted by atomic mass is 10.1. The van der Waals surface area contributed by atoms with Gasteiger partial charge in [-0.15, -0.1) is 0 Å². The zero-order valence-corrected chi connectivity index (χ0v) is 12.0. The first kappa shape index (κ1) is 15.8. The van der Waals surface area contributed by atoms with Crippen molar-refractivity contribution in [1.29, 1.82) is 0 Å². The molecule has 1 amide bonds. The molecule has 20 heavy (non-hydrogen) atoms. The van der Waals surface area contributed by atoms with Gasteiger partial charge in [0.1, 0.15) is 5.92 Å². The van der Waals surface area contributed by atoms with Crippen molar-refractivity contribution >= 4 is 17.6 Å². The topological polar surface area (TPSA) is 84.9 Å². The lowest BCUT2D eigenvalue weighted by Gasteiger charge is -2.15. The first-order valence-corrected chi connectivity index (χ1v) is 6.23. The minimum atomic E-state index is -1.17. The van der Waals surface area contributed by atoms with Crippen LogP contribution in [0.3, 0.4) is 0 Å². The predicted molar refractivity (Wildman–Crippen MR) is 74.2 cm³/mol. The Morgan fingerprint density at radius 3 is 2.35 bits per heavy atom. The van der Waals surface area contributed by atoms with E-state index in [0.717, 1.165) is 0 Å². The van der Waals surface area contributed by atoms with Crippen LogP contribution < -0.4 is 14.8 Å². The number of methoxy groups -OCH3 is 1. The highest BCUT2D eigenvalue weighted by molar-refractivity contribution is 6.03. The van der Waals surface area contributed by atoms with Crippen LogP contribution >= 0.6 is 0 Å². The van der Waals surface area contributed by atoms with Crippen LogP contribution in [0.5, 0.6) is 11.5 Å². The molecule has 1 aromatic carbocycles. The van der Waals surface area contributed by atoms with Crippen molar-refractivity contribution in [1.82, 2.24) is 0 Å². The van der Waals surface area contributed by atoms with Gasteiger partial charge in [-0.3, -0.25) is 9.59 Å². The van der Waals surface area contributed by atoms with Crippen LogP contribution in [-0.2, 0) is 9.59 Å². The average Bonchev–Trinajstić information content (AvgIpc) is 2.37. The molecule has 6 heteroatoms. The van der Waals surface area contributed by atoms with Crippen LogP contribution in [-0.4, -0.2) is 30.2 Å². The molecule has 0 aliphatic carbocycles. The molecule has 0 fully saturated rings. The SMILES string of the molecule is COc1ccc(NC(=O)C(C)C(=O)O)cc1OC(C)C. The van der Waals surface area contributed by atoms with Gasteiger partial charge in [-0.25, -0.2) is 0 Å². The van der Waals surface area contributed by atoms with E-state index in [9.17, 15) is 9.59 Å². The lowest BCUT2D eigenvalue weighted by molar-refractivity contribution is -0.144. The highest BCUT2D eigenvalue weighted by atomic mass is 16.5. The Labute approximate surface area is 117 Å². The number of benzene rings is 1. The minimum absolute atomic E-state index is 0.0483. The Kier molecular flexibility index (Phi) is 5.37. The predicted octanol–water partition coefficient (Wildman–Crippen LogP) is 2.14. The van der Waals surface area contributed by atoms with Crippen LogP contribution in [0.4, 0.5) is 5.69 Å². The van der Waals surface area contributed by atoms with Crippen LogP contribution in [0.15, 0.2) is 18.2 Å². The molecule has 110 valence electrons. The normalized spacial score (nSPS) is 11.8. The first-order valence-electron chi connectivity index (χ1n) is 6.23. The third-order valence-corrected chi connectivity index (χ3v) is 2.56. The molecule has 0 bridgehead atoms. The van der Waals surface area contributed by atoms with Gasteiger partial charge in [0.05, 0.1) is 13.2 Å². The summed E-state index contributed by atoms with van der Waals surface area (Å²) >= 11 is 0. The molecule has 0 saturated carbocycles. The van der Waals surface area contributed by atoms with Crippen LogP contribution in [0.1, 0.15) is 20.8 Å². The van der Waals surface area contributed by atoms with Crippen molar-refractivity contribution in [3.8, 4) is 11.5 Å². The molecule has 1 aromatic rings. The molecule has 0 saturated heterocycles. The molecule has 0 heterocycles. The number of carbonyl (C=O) groups is 2. The molecule has 1 atom stereocenters. The number of nitrogens with one attached hydrogen (secondary N) is 1. The Hall–Kier alpha value is -2.24. The summed E-state index contributed by atoms with van der Waals surface area (Å²) in [5.41, 5.74) is 0.458. The molecule has 0 aliphatic heterocycles. The molecule has 1 rings (SSSR count). The van der Waals surface area contributed by atoms with Crippen molar-refractivity contribution in [3.63, 3.8) is 0 Å². The quantitative estimate of drug-likeness (QED) is 0.780. The molecule has 1 unspecified atom stereocenters. The van der Waals surface area contributed by atoms with Gasteiger partial charge in [0, 0.05) is 11.8 Å². The summed E-state index contributed by atoms with van der Waals surface area (Å²) in [5, 5.41) is 11.3. The maximum Gasteiger partial charge on any atom is 0.315 e. The molecule has 0 aromatic heterocycles. The largest absolute Gasteiger partial charge is 0.493 e. The van der Waals surface area contributed by atoms with Gasteiger partial charge >= 0.3 is 5.97 Å². The molecule has 0 radical (unpaired) electrons. The third-order valence-electron chi connectivity index (χ3n) is 2.56. The summed E-state index contributed by atoms with van der Waals surface area (Å²) in [4.78, 5) is 22.4. The second kappa shape index (κ2) is 6.79. The number of carboxylic acids is 1. The summed E-state index contributed by atoms with van der Waals surface area (Å²) in [6.45, 7) is 5.07. The summed E-state index contributed by atoms with van der Waals surface area (Å²) in [5.74, 6) is -1.84. The number of aliphatic carboxylic acids is 1. The van der Waals surface area contributed by atoms with E-state index in [2.05, 4.69) is 5.32 Å². The van der Waals surface area contributed by atoms with Crippen molar-refractivity contribution in [2.45, 2.75) is 26.9 Å². The van der Waals surface area contributed by atoms with Gasteiger partial charge in [0.2, 0.25) is 5.91 Å². The average molecular weight is 281 g/mol. The van der Waals surface area contributed by atoms with E-state index >= 15 is 0 Å². The maximum absolute atomic E-state index is 11.7. The summed E-state index contributed by atoms with van der Waals surface area (Å²) in [6.07, 6.45) is -0.0483. The zero-order valence-electron chi connectivity index (χ0n) is 12.0. The Bertz CT molecular complexity index is 498. The van der Waals surface area contributed by atoms with Crippen LogP contribution in [0.2, 0.25) is 0 Å². The van der Waals surface area contributed by atoms with Crippen molar-refractivity contribution in [2.75, 3.05) is 12.4 Å². The molecule has 0 aliphatic rings. The van der Waals surface area contributed by atoms with E-state index in [1.165, 1.54) is 14.0 Å². The fourth-order valence-corrected chi connectivity index (χ4v) is 1.46. The Morgan fingerprint density at radius 1 is 1.20 bits per heavy atom. The van der Waals surface area contributed by atoms with E-state index in [-0.39, 0.29) is 6.10 Å². The molecular formula is C14H19NO5. The number of amides is 1. The van der Waals surface area contributed by atoms with E-state index in [1.807, 2.05) is 13.8 Å². The Morgan fingerprint density at radius 2 is 1.85 bits per heavy atom. The van der Waals surface area contributed by atoms with E-state index < -0.39 is 17.8 Å². The highest BCUT2D eigenvalue weighted by Crippen LogP contribution is 2.31. The maximum atomic E-state index is 11.7. The second-order valence-corrected chi connectivity index (χ2v) is 4.58. The number of rotatable bonds is 6. The number of ether oxygens (including phenoxy) is 2. The first-order chi connectivity index (χ1) is 9.35. The van der Waals surface area contributed by atoms with E-state index in [4.69, 9.17) is 14.6 Å². The van der Waals surface area contributed by atoms with Crippen LogP contribution in [0.25, 0.3) is 0 Å². The van der Waals surface area contributed by atoms with E-state index in [0.29, 0.717) is 17.2 Å².